The second-order valence-corrected chi connectivity index (χ2v) is 5.77. The molecule has 0 saturated carbocycles. The fourth-order valence-corrected chi connectivity index (χ4v) is 2.68. The molecule has 1 aromatic heterocycles. The molecule has 0 bridgehead atoms. The predicted molar refractivity (Wildman–Crippen MR) is 87.3 cm³/mol. The third-order valence-corrected chi connectivity index (χ3v) is 4.00. The minimum Gasteiger partial charge on any atom is -0.504 e. The summed E-state index contributed by atoms with van der Waals surface area (Å²) in [6.07, 6.45) is 0. The zero-order chi connectivity index (χ0) is 16.0. The Bertz CT molecular complexity index is 937. The maximum atomic E-state index is 12.1. The van der Waals surface area contributed by atoms with Crippen LogP contribution in [0.25, 0.3) is 22.3 Å². The maximum Gasteiger partial charge on any atom is 0.201 e. The lowest BCUT2D eigenvalue weighted by atomic mass is 10.1. The molecule has 4 N–H and O–H groups in total. The van der Waals surface area contributed by atoms with E-state index in [1.165, 1.54) is 30.3 Å². The summed E-state index contributed by atoms with van der Waals surface area (Å²) >= 11 is 1.82. The molecule has 0 spiro atoms. The third-order valence-electron chi connectivity index (χ3n) is 3.18. The molecule has 2 aromatic carbocycles. The van der Waals surface area contributed by atoms with Gasteiger partial charge in [-0.25, -0.2) is 0 Å². The van der Waals surface area contributed by atoms with Crippen LogP contribution in [0.2, 0.25) is 0 Å². The van der Waals surface area contributed by atoms with E-state index in [1.807, 2.05) is 22.6 Å². The van der Waals surface area contributed by atoms with Gasteiger partial charge in [-0.05, 0) is 46.9 Å². The molecule has 7 heteroatoms. The zero-order valence-electron chi connectivity index (χ0n) is 10.9. The standard InChI is InChI=1S/C15H9IO6/c16-8-3-6(4-11(19)13(8)20)12-5-10(18)7-1-2-9(17)14(21)15(7)22-12/h1-5,17,19-21H. The van der Waals surface area contributed by atoms with Crippen molar-refractivity contribution in [1.29, 1.82) is 0 Å². The van der Waals surface area contributed by atoms with E-state index in [2.05, 4.69) is 0 Å². The van der Waals surface area contributed by atoms with Gasteiger partial charge < -0.3 is 24.8 Å². The van der Waals surface area contributed by atoms with Crippen LogP contribution in [0, 0.1) is 3.57 Å². The van der Waals surface area contributed by atoms with Crippen LogP contribution in [0.3, 0.4) is 0 Å². The SMILES string of the molecule is O=c1cc(-c2cc(O)c(O)c(I)c2)oc2c(O)c(O)ccc12. The van der Waals surface area contributed by atoms with Crippen LogP contribution in [0.4, 0.5) is 0 Å². The van der Waals surface area contributed by atoms with Crippen LogP contribution < -0.4 is 5.43 Å². The van der Waals surface area contributed by atoms with Gasteiger partial charge in [0.15, 0.2) is 28.3 Å². The minimum absolute atomic E-state index is 0.0895. The maximum absolute atomic E-state index is 12.1. The molecule has 3 rings (SSSR count). The quantitative estimate of drug-likeness (QED) is 0.362. The van der Waals surface area contributed by atoms with Crippen molar-refractivity contribution in [2.45, 2.75) is 0 Å². The van der Waals surface area contributed by atoms with Crippen molar-refractivity contribution in [1.82, 2.24) is 0 Å². The lowest BCUT2D eigenvalue weighted by molar-refractivity contribution is 0.399. The van der Waals surface area contributed by atoms with Gasteiger partial charge in [0.25, 0.3) is 0 Å². The Morgan fingerprint density at radius 1 is 0.909 bits per heavy atom. The van der Waals surface area contributed by atoms with Crippen molar-refractivity contribution < 1.29 is 24.8 Å². The van der Waals surface area contributed by atoms with E-state index in [1.54, 1.807) is 0 Å². The molecule has 3 aromatic rings. The average Bonchev–Trinajstić information content (AvgIpc) is 2.48. The molecule has 0 saturated heterocycles. The zero-order valence-corrected chi connectivity index (χ0v) is 13.0. The average molecular weight is 412 g/mol. The van der Waals surface area contributed by atoms with Crippen LogP contribution in [0.1, 0.15) is 0 Å². The number of rotatable bonds is 1. The molecule has 0 aliphatic carbocycles. The number of hydrogen-bond acceptors (Lipinski definition) is 6. The van der Waals surface area contributed by atoms with Crippen LogP contribution in [0.5, 0.6) is 23.0 Å². The minimum atomic E-state index is -0.533. The first-order chi connectivity index (χ1) is 10.4. The van der Waals surface area contributed by atoms with E-state index in [0.29, 0.717) is 9.13 Å². The summed E-state index contributed by atoms with van der Waals surface area (Å²) in [5.41, 5.74) is -0.208. The van der Waals surface area contributed by atoms with Crippen molar-refractivity contribution in [2.24, 2.45) is 0 Å². The van der Waals surface area contributed by atoms with Gasteiger partial charge in [-0.1, -0.05) is 0 Å². The van der Waals surface area contributed by atoms with Crippen molar-refractivity contribution in [3.8, 4) is 34.3 Å². The van der Waals surface area contributed by atoms with Crippen molar-refractivity contribution in [3.63, 3.8) is 0 Å². The van der Waals surface area contributed by atoms with Crippen LogP contribution in [-0.4, -0.2) is 20.4 Å². The highest BCUT2D eigenvalue weighted by Crippen LogP contribution is 2.38. The summed E-state index contributed by atoms with van der Waals surface area (Å²) < 4.78 is 5.85. The normalized spacial score (nSPS) is 11.0. The summed E-state index contributed by atoms with van der Waals surface area (Å²) in [5, 5.41) is 38.7. The smallest absolute Gasteiger partial charge is 0.201 e. The highest BCUT2D eigenvalue weighted by Gasteiger charge is 2.15. The Hall–Kier alpha value is -2.42. The predicted octanol–water partition coefficient (Wildman–Crippen LogP) is 2.89. The van der Waals surface area contributed by atoms with E-state index >= 15 is 0 Å². The molecule has 0 atom stereocenters. The topological polar surface area (TPSA) is 111 Å². The van der Waals surface area contributed by atoms with E-state index in [4.69, 9.17) is 4.42 Å². The number of benzene rings is 2. The lowest BCUT2D eigenvalue weighted by Crippen LogP contribution is -2.00. The molecule has 0 aliphatic heterocycles. The fraction of sp³-hybridized carbons (Fsp3) is 0. The van der Waals surface area contributed by atoms with Gasteiger partial charge >= 0.3 is 0 Å². The van der Waals surface area contributed by atoms with Gasteiger partial charge in [-0.15, -0.1) is 0 Å². The number of halogens is 1. The monoisotopic (exact) mass is 412 g/mol. The molecule has 0 unspecified atom stereocenters. The summed E-state index contributed by atoms with van der Waals surface area (Å²) in [7, 11) is 0. The van der Waals surface area contributed by atoms with Gasteiger partial charge in [0, 0.05) is 11.6 Å². The highest BCUT2D eigenvalue weighted by molar-refractivity contribution is 14.1. The Kier molecular flexibility index (Phi) is 3.36. The summed E-state index contributed by atoms with van der Waals surface area (Å²) in [6, 6.07) is 6.50. The number of fused-ring (bicyclic) bond motifs is 1. The molecule has 0 aliphatic rings. The van der Waals surface area contributed by atoms with Gasteiger partial charge in [-0.2, -0.15) is 0 Å². The van der Waals surface area contributed by atoms with Crippen molar-refractivity contribution in [2.75, 3.05) is 0 Å². The Morgan fingerprint density at radius 2 is 1.64 bits per heavy atom. The molecular weight excluding hydrogens is 403 g/mol. The first-order valence-corrected chi connectivity index (χ1v) is 7.17. The first kappa shape index (κ1) is 14.5. The molecule has 22 heavy (non-hydrogen) atoms. The number of hydrogen-bond donors (Lipinski definition) is 4. The molecule has 0 radical (unpaired) electrons. The fourth-order valence-electron chi connectivity index (χ4n) is 2.06. The lowest BCUT2D eigenvalue weighted by Gasteiger charge is -2.08. The Balaban J connectivity index is 2.33. The van der Waals surface area contributed by atoms with Crippen LogP contribution in [0.15, 0.2) is 39.5 Å². The molecule has 6 nitrogen and oxygen atoms in total. The van der Waals surface area contributed by atoms with Gasteiger partial charge in [0.05, 0.1) is 8.96 Å². The largest absolute Gasteiger partial charge is 0.504 e. The summed E-state index contributed by atoms with van der Waals surface area (Å²) in [4.78, 5) is 12.1. The Labute approximate surface area is 137 Å². The van der Waals surface area contributed by atoms with E-state index in [-0.39, 0.29) is 28.2 Å². The van der Waals surface area contributed by atoms with Crippen LogP contribution >= 0.6 is 22.6 Å². The van der Waals surface area contributed by atoms with Crippen molar-refractivity contribution >= 4 is 33.6 Å². The van der Waals surface area contributed by atoms with Gasteiger partial charge in [-0.3, -0.25) is 4.79 Å². The molecule has 0 fully saturated rings. The number of aromatic hydroxyl groups is 4. The molecule has 0 amide bonds. The van der Waals surface area contributed by atoms with E-state index in [9.17, 15) is 25.2 Å². The molecule has 1 heterocycles. The second kappa shape index (κ2) is 5.09. The van der Waals surface area contributed by atoms with Crippen LogP contribution in [-0.2, 0) is 0 Å². The molecule has 112 valence electrons. The summed E-state index contributed by atoms with van der Waals surface area (Å²) in [5.74, 6) is -1.48. The van der Waals surface area contributed by atoms with Gasteiger partial charge in [0.1, 0.15) is 5.76 Å². The highest BCUT2D eigenvalue weighted by atomic mass is 127. The Morgan fingerprint density at radius 3 is 2.32 bits per heavy atom. The third kappa shape index (κ3) is 2.23. The number of phenolic OH excluding ortho intramolecular Hbond substituents is 4. The first-order valence-electron chi connectivity index (χ1n) is 6.09. The van der Waals surface area contributed by atoms with Gasteiger partial charge in [0.2, 0.25) is 5.75 Å². The second-order valence-electron chi connectivity index (χ2n) is 4.61. The van der Waals surface area contributed by atoms with E-state index < -0.39 is 16.9 Å². The van der Waals surface area contributed by atoms with Crippen molar-refractivity contribution in [3.05, 3.63) is 44.1 Å². The molecular formula is C15H9IO6. The summed E-state index contributed by atoms with van der Waals surface area (Å²) in [6.45, 7) is 0. The number of phenols is 4. The van der Waals surface area contributed by atoms with E-state index in [0.717, 1.165) is 0 Å².